The summed E-state index contributed by atoms with van der Waals surface area (Å²) in [4.78, 5) is 11.1. The highest BCUT2D eigenvalue weighted by Crippen LogP contribution is 2.28. The highest BCUT2D eigenvalue weighted by atomic mass is 19.1. The van der Waals surface area contributed by atoms with Crippen LogP contribution in [0.5, 0.6) is 11.5 Å². The number of Topliss-reactive ketones (excluding diaryl/α,β-unsaturated/α-hetero) is 1. The monoisotopic (exact) mass is 262 g/mol. The summed E-state index contributed by atoms with van der Waals surface area (Å²) < 4.78 is 32.1. The summed E-state index contributed by atoms with van der Waals surface area (Å²) in [6.07, 6.45) is 0. The molecule has 0 unspecified atom stereocenters. The largest absolute Gasteiger partial charge is 0.454 e. The zero-order valence-electron chi connectivity index (χ0n) is 10.5. The Bertz CT molecular complexity index is 636. The maximum atomic E-state index is 13.8. The molecular formula is C15H12F2O2. The molecule has 0 bridgehead atoms. The maximum Gasteiger partial charge on any atom is 0.166 e. The van der Waals surface area contributed by atoms with Crippen LogP contribution in [-0.4, -0.2) is 5.78 Å². The zero-order valence-corrected chi connectivity index (χ0v) is 10.5. The highest BCUT2D eigenvalue weighted by Gasteiger charge is 2.10. The van der Waals surface area contributed by atoms with Gasteiger partial charge < -0.3 is 4.74 Å². The van der Waals surface area contributed by atoms with Gasteiger partial charge in [0, 0.05) is 5.56 Å². The third kappa shape index (κ3) is 2.96. The van der Waals surface area contributed by atoms with E-state index < -0.39 is 5.82 Å². The van der Waals surface area contributed by atoms with Crippen molar-refractivity contribution in [2.24, 2.45) is 0 Å². The van der Waals surface area contributed by atoms with Crippen LogP contribution >= 0.6 is 0 Å². The molecule has 0 fully saturated rings. The average Bonchev–Trinajstić information content (AvgIpc) is 2.34. The lowest BCUT2D eigenvalue weighted by molar-refractivity contribution is 0.101. The molecular weight excluding hydrogens is 250 g/mol. The molecule has 2 rings (SSSR count). The fourth-order valence-electron chi connectivity index (χ4n) is 1.65. The lowest BCUT2D eigenvalue weighted by atomic mass is 10.1. The quantitative estimate of drug-likeness (QED) is 0.772. The van der Waals surface area contributed by atoms with Gasteiger partial charge in [0.2, 0.25) is 0 Å². The molecule has 98 valence electrons. The second-order valence-electron chi connectivity index (χ2n) is 4.21. The molecule has 2 aromatic carbocycles. The maximum absolute atomic E-state index is 13.8. The van der Waals surface area contributed by atoms with Gasteiger partial charge in [-0.1, -0.05) is 0 Å². The molecule has 0 N–H and O–H groups in total. The van der Waals surface area contributed by atoms with Crippen molar-refractivity contribution in [1.29, 1.82) is 0 Å². The van der Waals surface area contributed by atoms with Crippen molar-refractivity contribution >= 4 is 5.78 Å². The normalized spacial score (nSPS) is 10.3. The summed E-state index contributed by atoms with van der Waals surface area (Å²) in [6.45, 7) is 3.03. The van der Waals surface area contributed by atoms with E-state index in [4.69, 9.17) is 4.74 Å². The SMILES string of the molecule is CC(=O)c1ccc(Oc2ccc(F)cc2C)c(F)c1. The van der Waals surface area contributed by atoms with E-state index in [1.54, 1.807) is 6.92 Å². The van der Waals surface area contributed by atoms with E-state index in [9.17, 15) is 13.6 Å². The summed E-state index contributed by atoms with van der Waals surface area (Å²) >= 11 is 0. The molecule has 4 heteroatoms. The van der Waals surface area contributed by atoms with Gasteiger partial charge >= 0.3 is 0 Å². The van der Waals surface area contributed by atoms with E-state index >= 15 is 0 Å². The van der Waals surface area contributed by atoms with Gasteiger partial charge in [0.1, 0.15) is 11.6 Å². The third-order valence-electron chi connectivity index (χ3n) is 2.70. The smallest absolute Gasteiger partial charge is 0.166 e. The molecule has 0 radical (unpaired) electrons. The number of hydrogen-bond acceptors (Lipinski definition) is 2. The first kappa shape index (κ1) is 13.2. The predicted molar refractivity (Wildman–Crippen MR) is 67.6 cm³/mol. The van der Waals surface area contributed by atoms with E-state index in [0.29, 0.717) is 11.3 Å². The molecule has 0 aliphatic heterocycles. The molecule has 19 heavy (non-hydrogen) atoms. The minimum atomic E-state index is -0.628. The van der Waals surface area contributed by atoms with Gasteiger partial charge in [-0.05, 0) is 55.8 Å². The standard InChI is InChI=1S/C15H12F2O2/c1-9-7-12(16)4-6-14(9)19-15-5-3-11(10(2)18)8-13(15)17/h3-8H,1-2H3. The highest BCUT2D eigenvalue weighted by molar-refractivity contribution is 5.94. The Hall–Kier alpha value is -2.23. The van der Waals surface area contributed by atoms with Gasteiger partial charge in [0.15, 0.2) is 17.3 Å². The number of rotatable bonds is 3. The number of carbonyl (C=O) groups is 1. The van der Waals surface area contributed by atoms with E-state index in [1.807, 2.05) is 0 Å². The van der Waals surface area contributed by atoms with Crippen molar-refractivity contribution in [1.82, 2.24) is 0 Å². The van der Waals surface area contributed by atoms with Crippen LogP contribution in [-0.2, 0) is 0 Å². The van der Waals surface area contributed by atoms with Crippen LogP contribution in [0.3, 0.4) is 0 Å². The lowest BCUT2D eigenvalue weighted by Gasteiger charge is -2.10. The van der Waals surface area contributed by atoms with Crippen LogP contribution in [0.15, 0.2) is 36.4 Å². The van der Waals surface area contributed by atoms with Crippen LogP contribution in [0.1, 0.15) is 22.8 Å². The second kappa shape index (κ2) is 5.18. The van der Waals surface area contributed by atoms with Gasteiger partial charge in [0.05, 0.1) is 0 Å². The molecule has 0 atom stereocenters. The summed E-state index contributed by atoms with van der Waals surface area (Å²) in [5.74, 6) is -0.854. The second-order valence-corrected chi connectivity index (χ2v) is 4.21. The Morgan fingerprint density at radius 1 is 1.05 bits per heavy atom. The van der Waals surface area contributed by atoms with Crippen molar-refractivity contribution in [3.63, 3.8) is 0 Å². The molecule has 0 aliphatic carbocycles. The first-order valence-corrected chi connectivity index (χ1v) is 5.72. The van der Waals surface area contributed by atoms with Gasteiger partial charge in [-0.25, -0.2) is 8.78 Å². The van der Waals surface area contributed by atoms with E-state index in [2.05, 4.69) is 0 Å². The van der Waals surface area contributed by atoms with E-state index in [1.165, 1.54) is 37.3 Å². The zero-order chi connectivity index (χ0) is 14.0. The Balaban J connectivity index is 2.31. The number of aryl methyl sites for hydroxylation is 1. The topological polar surface area (TPSA) is 26.3 Å². The number of benzene rings is 2. The van der Waals surface area contributed by atoms with Crippen molar-refractivity contribution in [2.45, 2.75) is 13.8 Å². The van der Waals surface area contributed by atoms with Crippen molar-refractivity contribution < 1.29 is 18.3 Å². The van der Waals surface area contributed by atoms with Crippen LogP contribution in [0.25, 0.3) is 0 Å². The van der Waals surface area contributed by atoms with Gasteiger partial charge in [0.25, 0.3) is 0 Å². The first-order chi connectivity index (χ1) is 8.97. The van der Waals surface area contributed by atoms with Crippen molar-refractivity contribution in [3.05, 3.63) is 59.2 Å². The molecule has 2 nitrogen and oxygen atoms in total. The van der Waals surface area contributed by atoms with E-state index in [0.717, 1.165) is 6.07 Å². The number of ketones is 1. The third-order valence-corrected chi connectivity index (χ3v) is 2.70. The minimum Gasteiger partial charge on any atom is -0.454 e. The van der Waals surface area contributed by atoms with Crippen LogP contribution in [0.4, 0.5) is 8.78 Å². The Kier molecular flexibility index (Phi) is 3.60. The Labute approximate surface area is 109 Å². The number of halogens is 2. The molecule has 0 amide bonds. The molecule has 0 aliphatic rings. The molecule has 0 heterocycles. The minimum absolute atomic E-state index is 0.000270. The fourth-order valence-corrected chi connectivity index (χ4v) is 1.65. The molecule has 0 saturated heterocycles. The number of carbonyl (C=O) groups excluding carboxylic acids is 1. The van der Waals surface area contributed by atoms with Gasteiger partial charge in [-0.3, -0.25) is 4.79 Å². The summed E-state index contributed by atoms with van der Waals surface area (Å²) in [5, 5.41) is 0. The number of hydrogen-bond donors (Lipinski definition) is 0. The summed E-state index contributed by atoms with van der Waals surface area (Å²) in [5.41, 5.74) is 0.843. The molecule has 0 aromatic heterocycles. The summed E-state index contributed by atoms with van der Waals surface area (Å²) in [7, 11) is 0. The lowest BCUT2D eigenvalue weighted by Crippen LogP contribution is -1.96. The molecule has 0 saturated carbocycles. The first-order valence-electron chi connectivity index (χ1n) is 5.72. The van der Waals surface area contributed by atoms with Crippen molar-refractivity contribution in [3.8, 4) is 11.5 Å². The van der Waals surface area contributed by atoms with Crippen LogP contribution in [0.2, 0.25) is 0 Å². The fraction of sp³-hybridized carbons (Fsp3) is 0.133. The Morgan fingerprint density at radius 2 is 1.74 bits per heavy atom. The predicted octanol–water partition coefficient (Wildman–Crippen LogP) is 4.27. The van der Waals surface area contributed by atoms with Gasteiger partial charge in [-0.2, -0.15) is 0 Å². The molecule has 2 aromatic rings. The van der Waals surface area contributed by atoms with Crippen molar-refractivity contribution in [2.75, 3.05) is 0 Å². The summed E-state index contributed by atoms with van der Waals surface area (Å²) in [6, 6.07) is 7.97. The van der Waals surface area contributed by atoms with Crippen LogP contribution < -0.4 is 4.74 Å². The average molecular weight is 262 g/mol. The molecule has 0 spiro atoms. The van der Waals surface area contributed by atoms with Crippen LogP contribution in [0, 0.1) is 18.6 Å². The van der Waals surface area contributed by atoms with Gasteiger partial charge in [-0.15, -0.1) is 0 Å². The van der Waals surface area contributed by atoms with E-state index in [-0.39, 0.29) is 22.9 Å². The number of ether oxygens (including phenoxy) is 1. The Morgan fingerprint density at radius 3 is 2.32 bits per heavy atom.